The summed E-state index contributed by atoms with van der Waals surface area (Å²) in [7, 11) is -4.60. The Kier molecular flexibility index (Phi) is 12.5. The molecule has 0 fully saturated rings. The Hall–Kier alpha value is 0.870. The van der Waals surface area contributed by atoms with Crippen LogP contribution < -0.4 is 29.6 Å². The van der Waals surface area contributed by atoms with Gasteiger partial charge in [0.2, 0.25) is 0 Å². The fraction of sp³-hybridized carbons (Fsp3) is 1.00. The van der Waals surface area contributed by atoms with E-state index in [1.54, 1.807) is 0 Å². The van der Waals surface area contributed by atoms with Gasteiger partial charge in [-0.3, -0.25) is 0 Å². The van der Waals surface area contributed by atoms with Crippen LogP contribution in [0.4, 0.5) is 0 Å². The molecule has 0 saturated heterocycles. The Morgan fingerprint density at radius 3 is 1.78 bits per heavy atom. The molecule has 0 aromatic rings. The first-order valence-electron chi connectivity index (χ1n) is 6.49. The average molecular weight is 288 g/mol. The van der Waals surface area contributed by atoms with Crippen molar-refractivity contribution < 1.29 is 47.6 Å². The second-order valence-corrected chi connectivity index (χ2v) is 6.64. The first-order chi connectivity index (χ1) is 7.81. The smallest absolute Gasteiger partial charge is 0.746 e. The van der Waals surface area contributed by atoms with E-state index in [4.69, 9.17) is 0 Å². The van der Waals surface area contributed by atoms with Crippen molar-refractivity contribution in [1.29, 1.82) is 0 Å². The molecule has 0 radical (unpaired) electrons. The van der Waals surface area contributed by atoms with E-state index in [-0.39, 0.29) is 36.0 Å². The molecule has 0 aromatic heterocycles. The van der Waals surface area contributed by atoms with Crippen molar-refractivity contribution in [2.24, 2.45) is 0 Å². The van der Waals surface area contributed by atoms with Gasteiger partial charge >= 0.3 is 29.6 Å². The van der Waals surface area contributed by atoms with E-state index in [1.165, 1.54) is 25.7 Å². The third-order valence-corrected chi connectivity index (χ3v) is 4.31. The maximum atomic E-state index is 10.7. The fourth-order valence-corrected chi connectivity index (χ4v) is 2.11. The summed E-state index contributed by atoms with van der Waals surface area (Å²) in [4.78, 5) is -2.10. The Balaban J connectivity index is 0. The minimum absolute atomic E-state index is 0. The van der Waals surface area contributed by atoms with Gasteiger partial charge in [0.25, 0.3) is 0 Å². The molecule has 0 aliphatic heterocycles. The molecule has 0 aliphatic rings. The number of rotatable bonds is 10. The molecule has 4 nitrogen and oxygen atoms in total. The monoisotopic (exact) mass is 288 g/mol. The van der Waals surface area contributed by atoms with Crippen LogP contribution in [0.15, 0.2) is 0 Å². The van der Waals surface area contributed by atoms with Crippen LogP contribution in [0.5, 0.6) is 0 Å². The first kappa shape index (κ1) is 21.2. The summed E-state index contributed by atoms with van der Waals surface area (Å²) >= 11 is 0. The summed E-state index contributed by atoms with van der Waals surface area (Å²) in [6.45, 7) is 3.25. The topological polar surface area (TPSA) is 77.4 Å². The minimum atomic E-state index is -4.60. The van der Waals surface area contributed by atoms with Crippen LogP contribution in [-0.2, 0) is 10.1 Å². The van der Waals surface area contributed by atoms with Crippen molar-refractivity contribution in [3.8, 4) is 0 Å². The minimum Gasteiger partial charge on any atom is -0.746 e. The molecule has 0 rings (SSSR count). The fourth-order valence-electron chi connectivity index (χ4n) is 1.71. The van der Waals surface area contributed by atoms with Gasteiger partial charge in [0.15, 0.2) is 4.93 Å². The zero-order valence-corrected chi connectivity index (χ0v) is 14.8. The SMILES string of the molecule is CCCCCCCCCCC(C)(O)S(=O)(=O)[O-].[Na+]. The van der Waals surface area contributed by atoms with Crippen LogP contribution >= 0.6 is 0 Å². The van der Waals surface area contributed by atoms with Gasteiger partial charge in [-0.25, -0.2) is 8.42 Å². The Morgan fingerprint density at radius 1 is 1.00 bits per heavy atom. The van der Waals surface area contributed by atoms with Gasteiger partial charge < -0.3 is 9.66 Å². The molecule has 1 N–H and O–H groups in total. The summed E-state index contributed by atoms with van der Waals surface area (Å²) in [6.07, 6.45) is 8.64. The number of hydrogen-bond acceptors (Lipinski definition) is 4. The molecule has 18 heavy (non-hydrogen) atoms. The largest absolute Gasteiger partial charge is 1.00 e. The Morgan fingerprint density at radius 2 is 1.39 bits per heavy atom. The molecular formula is C12H25NaO4S. The molecule has 0 amide bonds. The van der Waals surface area contributed by atoms with E-state index in [9.17, 15) is 18.1 Å². The average Bonchev–Trinajstić information content (AvgIpc) is 2.20. The van der Waals surface area contributed by atoms with Gasteiger partial charge in [0.05, 0.1) is 0 Å². The van der Waals surface area contributed by atoms with Crippen molar-refractivity contribution in [3.05, 3.63) is 0 Å². The zero-order chi connectivity index (χ0) is 13.4. The number of hydrogen-bond donors (Lipinski definition) is 1. The van der Waals surface area contributed by atoms with E-state index in [2.05, 4.69) is 6.92 Å². The molecule has 104 valence electrons. The van der Waals surface area contributed by atoms with Gasteiger partial charge in [0.1, 0.15) is 10.1 Å². The summed E-state index contributed by atoms with van der Waals surface area (Å²) in [5.74, 6) is 0. The van der Waals surface area contributed by atoms with E-state index in [0.29, 0.717) is 6.42 Å². The molecule has 0 bridgehead atoms. The van der Waals surface area contributed by atoms with E-state index in [1.807, 2.05) is 0 Å². The van der Waals surface area contributed by atoms with Crippen molar-refractivity contribution in [2.45, 2.75) is 76.6 Å². The summed E-state index contributed by atoms with van der Waals surface area (Å²) in [5, 5.41) is 9.42. The molecule has 1 unspecified atom stereocenters. The van der Waals surface area contributed by atoms with Crippen molar-refractivity contribution >= 4 is 10.1 Å². The van der Waals surface area contributed by atoms with E-state index in [0.717, 1.165) is 26.2 Å². The van der Waals surface area contributed by atoms with Gasteiger partial charge in [-0.2, -0.15) is 0 Å². The maximum absolute atomic E-state index is 10.7. The molecule has 0 heterocycles. The Labute approximate surface area is 134 Å². The predicted molar refractivity (Wildman–Crippen MR) is 67.5 cm³/mol. The van der Waals surface area contributed by atoms with Crippen LogP contribution in [0.3, 0.4) is 0 Å². The third kappa shape index (κ3) is 9.75. The number of unbranched alkanes of at least 4 members (excludes halogenated alkanes) is 7. The second-order valence-electron chi connectivity index (χ2n) is 4.85. The third-order valence-electron chi connectivity index (χ3n) is 3.03. The summed E-state index contributed by atoms with van der Waals surface area (Å²) in [6, 6.07) is 0. The predicted octanol–water partition coefficient (Wildman–Crippen LogP) is -0.225. The van der Waals surface area contributed by atoms with Crippen LogP contribution in [-0.4, -0.2) is 23.0 Å². The van der Waals surface area contributed by atoms with E-state index < -0.39 is 15.1 Å². The molecule has 0 aliphatic carbocycles. The second kappa shape index (κ2) is 10.6. The van der Waals surface area contributed by atoms with Crippen LogP contribution in [0, 0.1) is 0 Å². The molecular weight excluding hydrogens is 263 g/mol. The molecule has 0 aromatic carbocycles. The summed E-state index contributed by atoms with van der Waals surface area (Å²) < 4.78 is 32.1. The van der Waals surface area contributed by atoms with Crippen molar-refractivity contribution in [2.75, 3.05) is 0 Å². The standard InChI is InChI=1S/C12H26O4S.Na/c1-3-4-5-6-7-8-9-10-11-12(2,13)17(14,15)16;/h13H,3-11H2,1-2H3,(H,14,15,16);/q;+1/p-1. The first-order valence-corrected chi connectivity index (χ1v) is 7.90. The van der Waals surface area contributed by atoms with E-state index >= 15 is 0 Å². The van der Waals surface area contributed by atoms with Gasteiger partial charge in [-0.15, -0.1) is 0 Å². The van der Waals surface area contributed by atoms with Gasteiger partial charge in [-0.1, -0.05) is 51.9 Å². The van der Waals surface area contributed by atoms with Gasteiger partial charge in [-0.05, 0) is 19.8 Å². The maximum Gasteiger partial charge on any atom is 1.00 e. The van der Waals surface area contributed by atoms with Crippen LogP contribution in [0.1, 0.15) is 71.6 Å². The number of aliphatic hydroxyl groups is 1. The van der Waals surface area contributed by atoms with Crippen LogP contribution in [0.2, 0.25) is 0 Å². The Bertz CT molecular complexity index is 288. The quantitative estimate of drug-likeness (QED) is 0.342. The van der Waals surface area contributed by atoms with Gasteiger partial charge in [0, 0.05) is 0 Å². The van der Waals surface area contributed by atoms with Crippen molar-refractivity contribution in [3.63, 3.8) is 0 Å². The molecule has 6 heteroatoms. The molecule has 0 spiro atoms. The molecule has 1 atom stereocenters. The zero-order valence-electron chi connectivity index (χ0n) is 11.9. The summed E-state index contributed by atoms with van der Waals surface area (Å²) in [5.41, 5.74) is 0. The normalized spacial score (nSPS) is 14.9. The molecule has 0 saturated carbocycles. The van der Waals surface area contributed by atoms with Crippen LogP contribution in [0.25, 0.3) is 0 Å². The van der Waals surface area contributed by atoms with Crippen molar-refractivity contribution in [1.82, 2.24) is 0 Å².